The van der Waals surface area contributed by atoms with Crippen molar-refractivity contribution in [2.24, 2.45) is 16.8 Å². The third-order valence-corrected chi connectivity index (χ3v) is 4.07. The summed E-state index contributed by atoms with van der Waals surface area (Å²) in [4.78, 5) is 2.36. The average molecular weight is 277 g/mol. The van der Waals surface area contributed by atoms with Crippen molar-refractivity contribution >= 4 is 5.84 Å². The normalized spacial score (nSPS) is 24.8. The molecule has 1 aliphatic heterocycles. The highest BCUT2D eigenvalue weighted by Gasteiger charge is 2.26. The maximum atomic E-state index is 8.86. The summed E-state index contributed by atoms with van der Waals surface area (Å²) in [6, 6.07) is 7.77. The Morgan fingerprint density at radius 1 is 1.50 bits per heavy atom. The zero-order chi connectivity index (χ0) is 14.5. The topological polar surface area (TPSA) is 71.1 Å². The fraction of sp³-hybridized carbons (Fsp3) is 0.533. The smallest absolute Gasteiger partial charge is 0.170 e. The Kier molecular flexibility index (Phi) is 4.98. The van der Waals surface area contributed by atoms with Gasteiger partial charge in [-0.05, 0) is 24.4 Å². The summed E-state index contributed by atoms with van der Waals surface area (Å²) in [6.07, 6.45) is 1.41. The number of hydrogen-bond acceptors (Lipinski definition) is 4. The molecule has 0 amide bonds. The molecule has 0 spiro atoms. The van der Waals surface area contributed by atoms with E-state index in [2.05, 4.69) is 17.0 Å². The van der Waals surface area contributed by atoms with Gasteiger partial charge in [0.1, 0.15) is 0 Å². The summed E-state index contributed by atoms with van der Waals surface area (Å²) in [6.45, 7) is 4.99. The predicted octanol–water partition coefficient (Wildman–Crippen LogP) is 1.64. The molecule has 0 radical (unpaired) electrons. The molecule has 1 saturated heterocycles. The van der Waals surface area contributed by atoms with Crippen LogP contribution < -0.4 is 5.73 Å². The number of methoxy groups -OCH3 is 1. The van der Waals surface area contributed by atoms with E-state index in [9.17, 15) is 0 Å². The van der Waals surface area contributed by atoms with Crippen molar-refractivity contribution in [1.29, 1.82) is 0 Å². The largest absolute Gasteiger partial charge is 0.409 e. The van der Waals surface area contributed by atoms with Gasteiger partial charge in [-0.2, -0.15) is 0 Å². The second-order valence-corrected chi connectivity index (χ2v) is 5.42. The molecule has 0 saturated carbocycles. The van der Waals surface area contributed by atoms with Crippen LogP contribution in [0.5, 0.6) is 0 Å². The minimum absolute atomic E-state index is 0.161. The van der Waals surface area contributed by atoms with Crippen LogP contribution in [0, 0.1) is 5.92 Å². The third kappa shape index (κ3) is 3.29. The molecule has 3 N–H and O–H groups in total. The Bertz CT molecular complexity index is 476. The number of oxime groups is 1. The van der Waals surface area contributed by atoms with Crippen molar-refractivity contribution < 1.29 is 9.94 Å². The number of likely N-dealkylation sites (tertiary alicyclic amines) is 1. The van der Waals surface area contributed by atoms with Crippen LogP contribution in [0.4, 0.5) is 0 Å². The van der Waals surface area contributed by atoms with Gasteiger partial charge in [-0.3, -0.25) is 4.90 Å². The van der Waals surface area contributed by atoms with Crippen molar-refractivity contribution in [1.82, 2.24) is 4.90 Å². The zero-order valence-corrected chi connectivity index (χ0v) is 12.1. The number of ether oxygens (including phenoxy) is 1. The lowest BCUT2D eigenvalue weighted by atomic mass is 9.95. The van der Waals surface area contributed by atoms with E-state index in [0.717, 1.165) is 37.2 Å². The minimum Gasteiger partial charge on any atom is -0.409 e. The van der Waals surface area contributed by atoms with Gasteiger partial charge >= 0.3 is 0 Å². The van der Waals surface area contributed by atoms with Crippen LogP contribution in [0.3, 0.4) is 0 Å². The lowest BCUT2D eigenvalue weighted by molar-refractivity contribution is -0.00746. The van der Waals surface area contributed by atoms with Crippen LogP contribution in [0.15, 0.2) is 29.4 Å². The van der Waals surface area contributed by atoms with Gasteiger partial charge in [0, 0.05) is 25.8 Å². The van der Waals surface area contributed by atoms with Crippen LogP contribution in [0.2, 0.25) is 0 Å². The van der Waals surface area contributed by atoms with Crippen molar-refractivity contribution in [2.75, 3.05) is 20.2 Å². The Hall–Kier alpha value is -1.59. The van der Waals surface area contributed by atoms with Gasteiger partial charge in [-0.25, -0.2) is 0 Å². The summed E-state index contributed by atoms with van der Waals surface area (Å²) >= 11 is 0. The molecule has 0 aromatic heterocycles. The van der Waals surface area contributed by atoms with Crippen LogP contribution in [-0.4, -0.2) is 42.2 Å². The number of piperidine rings is 1. The summed E-state index contributed by atoms with van der Waals surface area (Å²) in [5.74, 6) is 0.754. The van der Waals surface area contributed by atoms with E-state index in [1.807, 2.05) is 24.3 Å². The minimum atomic E-state index is 0.161. The van der Waals surface area contributed by atoms with Gasteiger partial charge in [0.05, 0.1) is 6.10 Å². The molecule has 0 aliphatic carbocycles. The molecule has 1 heterocycles. The van der Waals surface area contributed by atoms with E-state index in [1.165, 1.54) is 0 Å². The Morgan fingerprint density at radius 3 is 2.95 bits per heavy atom. The Morgan fingerprint density at radius 2 is 2.25 bits per heavy atom. The highest BCUT2D eigenvalue weighted by atomic mass is 16.5. The van der Waals surface area contributed by atoms with E-state index in [-0.39, 0.29) is 11.9 Å². The van der Waals surface area contributed by atoms with Crippen LogP contribution >= 0.6 is 0 Å². The van der Waals surface area contributed by atoms with E-state index in [1.54, 1.807) is 7.11 Å². The molecule has 2 atom stereocenters. The number of rotatable bonds is 4. The first-order valence-electron chi connectivity index (χ1n) is 6.96. The van der Waals surface area contributed by atoms with E-state index in [0.29, 0.717) is 5.92 Å². The SMILES string of the molecule is COC1CN(Cc2ccccc2/C(N)=N/O)CCC1C. The van der Waals surface area contributed by atoms with Gasteiger partial charge in [-0.15, -0.1) is 0 Å². The molecule has 5 nitrogen and oxygen atoms in total. The molecular formula is C15H23N3O2. The van der Waals surface area contributed by atoms with E-state index in [4.69, 9.17) is 15.7 Å². The van der Waals surface area contributed by atoms with Crippen molar-refractivity contribution in [3.63, 3.8) is 0 Å². The number of benzene rings is 1. The Labute approximate surface area is 120 Å². The van der Waals surface area contributed by atoms with Gasteiger partial charge in [0.2, 0.25) is 0 Å². The van der Waals surface area contributed by atoms with Crippen LogP contribution in [-0.2, 0) is 11.3 Å². The molecule has 1 fully saturated rings. The second-order valence-electron chi connectivity index (χ2n) is 5.42. The molecule has 1 aliphatic rings. The molecule has 2 rings (SSSR count). The maximum absolute atomic E-state index is 8.86. The fourth-order valence-electron chi connectivity index (χ4n) is 2.75. The summed E-state index contributed by atoms with van der Waals surface area (Å²) < 4.78 is 5.54. The van der Waals surface area contributed by atoms with Crippen molar-refractivity contribution in [3.05, 3.63) is 35.4 Å². The first kappa shape index (κ1) is 14.8. The van der Waals surface area contributed by atoms with Crippen molar-refractivity contribution in [2.45, 2.75) is 26.0 Å². The first-order chi connectivity index (χ1) is 9.65. The molecule has 20 heavy (non-hydrogen) atoms. The standard InChI is InChI=1S/C15H23N3O2/c1-11-7-8-18(10-14(11)20-2)9-12-5-3-4-6-13(12)15(16)17-19/h3-6,11,14,19H,7-10H2,1-2H3,(H2,16,17). The first-order valence-corrected chi connectivity index (χ1v) is 6.96. The molecule has 1 aromatic carbocycles. The molecule has 0 bridgehead atoms. The zero-order valence-electron chi connectivity index (χ0n) is 12.1. The summed E-state index contributed by atoms with van der Waals surface area (Å²) in [7, 11) is 1.77. The number of nitrogens with two attached hydrogens (primary N) is 1. The highest BCUT2D eigenvalue weighted by Crippen LogP contribution is 2.22. The number of nitrogens with zero attached hydrogens (tertiary/aromatic N) is 2. The van der Waals surface area contributed by atoms with Crippen LogP contribution in [0.1, 0.15) is 24.5 Å². The number of amidine groups is 1. The summed E-state index contributed by atoms with van der Waals surface area (Å²) in [5.41, 5.74) is 7.60. The monoisotopic (exact) mass is 277 g/mol. The maximum Gasteiger partial charge on any atom is 0.170 e. The lowest BCUT2D eigenvalue weighted by Gasteiger charge is -2.36. The number of hydrogen-bond donors (Lipinski definition) is 2. The molecule has 110 valence electrons. The molecular weight excluding hydrogens is 254 g/mol. The van der Waals surface area contributed by atoms with E-state index < -0.39 is 0 Å². The van der Waals surface area contributed by atoms with Gasteiger partial charge < -0.3 is 15.7 Å². The second kappa shape index (κ2) is 6.72. The molecule has 5 heteroatoms. The average Bonchev–Trinajstić information content (AvgIpc) is 2.49. The lowest BCUT2D eigenvalue weighted by Crippen LogP contribution is -2.43. The molecule has 1 aromatic rings. The van der Waals surface area contributed by atoms with Gasteiger partial charge in [0.15, 0.2) is 5.84 Å². The Balaban J connectivity index is 2.11. The van der Waals surface area contributed by atoms with Gasteiger partial charge in [0.25, 0.3) is 0 Å². The summed E-state index contributed by atoms with van der Waals surface area (Å²) in [5, 5.41) is 12.0. The molecule has 2 unspecified atom stereocenters. The van der Waals surface area contributed by atoms with Crippen molar-refractivity contribution in [3.8, 4) is 0 Å². The van der Waals surface area contributed by atoms with Gasteiger partial charge in [-0.1, -0.05) is 36.3 Å². The fourth-order valence-corrected chi connectivity index (χ4v) is 2.75. The predicted molar refractivity (Wildman–Crippen MR) is 78.8 cm³/mol. The third-order valence-electron chi connectivity index (χ3n) is 4.07. The van der Waals surface area contributed by atoms with E-state index >= 15 is 0 Å². The quantitative estimate of drug-likeness (QED) is 0.380. The highest BCUT2D eigenvalue weighted by molar-refractivity contribution is 5.98. The van der Waals surface area contributed by atoms with Crippen LogP contribution in [0.25, 0.3) is 0 Å².